The Hall–Kier alpha value is -2.38. The van der Waals surface area contributed by atoms with Gasteiger partial charge in [-0.3, -0.25) is 9.88 Å². The molecule has 7 heteroatoms. The molecule has 0 aliphatic carbocycles. The molecule has 4 heterocycles. The predicted octanol–water partition coefficient (Wildman–Crippen LogP) is 1.48. The summed E-state index contributed by atoms with van der Waals surface area (Å²) < 4.78 is 7.68. The maximum atomic E-state index is 12.7. The number of aromatic nitrogens is 2. The molecule has 1 fully saturated rings. The second-order valence-electron chi connectivity index (χ2n) is 6.75. The van der Waals surface area contributed by atoms with E-state index in [9.17, 15) is 4.79 Å². The maximum absolute atomic E-state index is 12.7. The Balaban J connectivity index is 1.40. The fraction of sp³-hybridized carbons (Fsp3) is 0.474. The smallest absolute Gasteiger partial charge is 0.317 e. The summed E-state index contributed by atoms with van der Waals surface area (Å²) in [6.45, 7) is 6.02. The number of rotatable bonds is 4. The highest BCUT2D eigenvalue weighted by atomic mass is 16.5. The number of carbonyl (C=O) groups is 1. The van der Waals surface area contributed by atoms with Crippen LogP contribution in [0.3, 0.4) is 0 Å². The first-order valence-electron chi connectivity index (χ1n) is 9.20. The SMILES string of the molecule is O=C(NC[C@@H](c1cccnc1)N1CCOCC1)N1CCn2cccc2C1. The minimum absolute atomic E-state index is 0.000371. The zero-order valence-electron chi connectivity index (χ0n) is 14.9. The zero-order valence-corrected chi connectivity index (χ0v) is 14.9. The number of carbonyl (C=O) groups excluding carboxylic acids is 1. The molecule has 2 aliphatic heterocycles. The van der Waals surface area contributed by atoms with Crippen LogP contribution in [0.4, 0.5) is 4.79 Å². The van der Waals surface area contributed by atoms with Gasteiger partial charge in [-0.15, -0.1) is 0 Å². The zero-order chi connectivity index (χ0) is 17.8. The van der Waals surface area contributed by atoms with Crippen molar-refractivity contribution < 1.29 is 9.53 Å². The number of nitrogens with zero attached hydrogens (tertiary/aromatic N) is 4. The van der Waals surface area contributed by atoms with Gasteiger partial charge in [0.25, 0.3) is 0 Å². The predicted molar refractivity (Wildman–Crippen MR) is 97.6 cm³/mol. The Labute approximate surface area is 153 Å². The van der Waals surface area contributed by atoms with Gasteiger partial charge in [0, 0.05) is 57.0 Å². The van der Waals surface area contributed by atoms with Crippen LogP contribution in [-0.2, 0) is 17.8 Å². The summed E-state index contributed by atoms with van der Waals surface area (Å²) in [6, 6.07) is 8.25. The molecule has 1 N–H and O–H groups in total. The summed E-state index contributed by atoms with van der Waals surface area (Å²) in [4.78, 5) is 21.2. The second-order valence-corrected chi connectivity index (χ2v) is 6.75. The van der Waals surface area contributed by atoms with E-state index >= 15 is 0 Å². The van der Waals surface area contributed by atoms with Gasteiger partial charge in [-0.1, -0.05) is 6.07 Å². The van der Waals surface area contributed by atoms with Crippen molar-refractivity contribution in [2.24, 2.45) is 0 Å². The van der Waals surface area contributed by atoms with Crippen LogP contribution in [-0.4, -0.2) is 64.8 Å². The lowest BCUT2D eigenvalue weighted by Crippen LogP contribution is -2.48. The molecule has 0 bridgehead atoms. The molecule has 2 aliphatic rings. The number of hydrogen-bond acceptors (Lipinski definition) is 4. The quantitative estimate of drug-likeness (QED) is 0.902. The van der Waals surface area contributed by atoms with Crippen LogP contribution >= 0.6 is 0 Å². The molecular weight excluding hydrogens is 330 g/mol. The van der Waals surface area contributed by atoms with Crippen molar-refractivity contribution >= 4 is 6.03 Å². The van der Waals surface area contributed by atoms with Crippen LogP contribution in [0.5, 0.6) is 0 Å². The highest BCUT2D eigenvalue weighted by molar-refractivity contribution is 5.74. The molecule has 2 aromatic rings. The number of amides is 2. The van der Waals surface area contributed by atoms with Gasteiger partial charge in [-0.05, 0) is 23.8 Å². The van der Waals surface area contributed by atoms with Crippen LogP contribution in [0.15, 0.2) is 42.9 Å². The monoisotopic (exact) mass is 355 g/mol. The number of urea groups is 1. The Kier molecular flexibility index (Phi) is 5.17. The largest absolute Gasteiger partial charge is 0.379 e. The van der Waals surface area contributed by atoms with Crippen molar-refractivity contribution in [2.75, 3.05) is 39.4 Å². The van der Waals surface area contributed by atoms with Crippen LogP contribution in [0.2, 0.25) is 0 Å². The summed E-state index contributed by atoms with van der Waals surface area (Å²) in [5.41, 5.74) is 2.31. The fourth-order valence-electron chi connectivity index (χ4n) is 3.70. The third kappa shape index (κ3) is 3.73. The summed E-state index contributed by atoms with van der Waals surface area (Å²) in [5, 5.41) is 3.14. The van der Waals surface area contributed by atoms with Gasteiger partial charge in [0.2, 0.25) is 0 Å². The van der Waals surface area contributed by atoms with Crippen molar-refractivity contribution in [1.29, 1.82) is 0 Å². The van der Waals surface area contributed by atoms with E-state index in [4.69, 9.17) is 4.74 Å². The van der Waals surface area contributed by atoms with Gasteiger partial charge in [0.15, 0.2) is 0 Å². The van der Waals surface area contributed by atoms with Gasteiger partial charge >= 0.3 is 6.03 Å². The summed E-state index contributed by atoms with van der Waals surface area (Å²) in [7, 11) is 0. The van der Waals surface area contributed by atoms with Gasteiger partial charge in [-0.25, -0.2) is 4.79 Å². The van der Waals surface area contributed by atoms with E-state index in [-0.39, 0.29) is 12.1 Å². The standard InChI is InChI=1S/C19H25N5O2/c25-19(24-8-7-22-6-2-4-17(22)15-24)21-14-18(16-3-1-5-20-13-16)23-9-11-26-12-10-23/h1-6,13,18H,7-12,14-15H2,(H,21,25)/t18-/m0/s1. The van der Waals surface area contributed by atoms with Crippen molar-refractivity contribution in [1.82, 2.24) is 24.7 Å². The van der Waals surface area contributed by atoms with Gasteiger partial charge in [0.1, 0.15) is 0 Å². The van der Waals surface area contributed by atoms with Crippen LogP contribution in [0, 0.1) is 0 Å². The highest BCUT2D eigenvalue weighted by Gasteiger charge is 2.25. The molecule has 7 nitrogen and oxygen atoms in total. The van der Waals surface area contributed by atoms with Crippen molar-refractivity contribution in [3.63, 3.8) is 0 Å². The summed E-state index contributed by atoms with van der Waals surface area (Å²) in [5.74, 6) is 0. The molecule has 1 atom stereocenters. The summed E-state index contributed by atoms with van der Waals surface area (Å²) >= 11 is 0. The van der Waals surface area contributed by atoms with Crippen molar-refractivity contribution in [3.8, 4) is 0 Å². The third-order valence-corrected chi connectivity index (χ3v) is 5.18. The maximum Gasteiger partial charge on any atom is 0.317 e. The minimum atomic E-state index is -0.000371. The number of nitrogens with one attached hydrogen (secondary N) is 1. The van der Waals surface area contributed by atoms with Crippen LogP contribution in [0.1, 0.15) is 17.3 Å². The van der Waals surface area contributed by atoms with E-state index in [1.807, 2.05) is 23.2 Å². The first-order valence-corrected chi connectivity index (χ1v) is 9.20. The second kappa shape index (κ2) is 7.88. The topological polar surface area (TPSA) is 62.6 Å². The first-order chi connectivity index (χ1) is 12.8. The molecule has 4 rings (SSSR count). The molecule has 2 aromatic heterocycles. The Morgan fingerprint density at radius 1 is 1.19 bits per heavy atom. The number of ether oxygens (including phenoxy) is 1. The number of morpholine rings is 1. The average molecular weight is 355 g/mol. The molecule has 26 heavy (non-hydrogen) atoms. The van der Waals surface area contributed by atoms with E-state index in [1.165, 1.54) is 5.69 Å². The van der Waals surface area contributed by atoms with Gasteiger partial charge in [0.05, 0.1) is 25.8 Å². The molecule has 0 saturated carbocycles. The van der Waals surface area contributed by atoms with Crippen LogP contribution < -0.4 is 5.32 Å². The Bertz CT molecular complexity index is 727. The van der Waals surface area contributed by atoms with E-state index in [0.717, 1.165) is 45.0 Å². The van der Waals surface area contributed by atoms with Crippen molar-refractivity contribution in [2.45, 2.75) is 19.1 Å². The van der Waals surface area contributed by atoms with Gasteiger partial charge < -0.3 is 19.5 Å². The number of pyridine rings is 1. The molecule has 0 radical (unpaired) electrons. The molecule has 0 spiro atoms. The lowest BCUT2D eigenvalue weighted by Gasteiger charge is -2.35. The Morgan fingerprint density at radius 3 is 2.88 bits per heavy atom. The molecule has 0 aromatic carbocycles. The minimum Gasteiger partial charge on any atom is -0.379 e. The molecular formula is C19H25N5O2. The van der Waals surface area contributed by atoms with Crippen LogP contribution in [0.25, 0.3) is 0 Å². The molecule has 138 valence electrons. The van der Waals surface area contributed by atoms with E-state index < -0.39 is 0 Å². The highest BCUT2D eigenvalue weighted by Crippen LogP contribution is 2.21. The normalized spacial score (nSPS) is 19.0. The van der Waals surface area contributed by atoms with Crippen molar-refractivity contribution in [3.05, 3.63) is 54.1 Å². The average Bonchev–Trinajstić information content (AvgIpc) is 3.17. The number of hydrogen-bond donors (Lipinski definition) is 1. The van der Waals surface area contributed by atoms with Gasteiger partial charge in [-0.2, -0.15) is 0 Å². The van der Waals surface area contributed by atoms with E-state index in [1.54, 1.807) is 6.20 Å². The summed E-state index contributed by atoms with van der Waals surface area (Å²) in [6.07, 6.45) is 5.74. The number of fused-ring (bicyclic) bond motifs is 1. The lowest BCUT2D eigenvalue weighted by atomic mass is 10.1. The molecule has 1 saturated heterocycles. The van der Waals surface area contributed by atoms with E-state index in [2.05, 4.69) is 38.1 Å². The van der Waals surface area contributed by atoms with E-state index in [0.29, 0.717) is 13.1 Å². The lowest BCUT2D eigenvalue weighted by molar-refractivity contribution is 0.0163. The molecule has 0 unspecified atom stereocenters. The molecule has 2 amide bonds. The fourth-order valence-corrected chi connectivity index (χ4v) is 3.70. The Morgan fingerprint density at radius 2 is 2.08 bits per heavy atom. The third-order valence-electron chi connectivity index (χ3n) is 5.18. The first kappa shape index (κ1) is 17.1.